The van der Waals surface area contributed by atoms with Crippen LogP contribution < -0.4 is 4.90 Å². The lowest BCUT2D eigenvalue weighted by Gasteiger charge is -2.31. The number of hydrogen-bond acceptors (Lipinski definition) is 3. The van der Waals surface area contributed by atoms with Crippen LogP contribution in [0.2, 0.25) is 0 Å². The Morgan fingerprint density at radius 1 is 1.04 bits per heavy atom. The third-order valence-electron chi connectivity index (χ3n) is 4.79. The van der Waals surface area contributed by atoms with Gasteiger partial charge in [0.2, 0.25) is 0 Å². The first kappa shape index (κ1) is 18.0. The maximum Gasteiger partial charge on any atom is 0.0991 e. The molecule has 132 valence electrons. The molecule has 4 rings (SSSR count). The Balaban J connectivity index is 0.00000196. The van der Waals surface area contributed by atoms with Crippen LogP contribution in [-0.2, 0) is 19.5 Å². The van der Waals surface area contributed by atoms with Crippen molar-refractivity contribution in [2.45, 2.75) is 25.9 Å². The summed E-state index contributed by atoms with van der Waals surface area (Å²) < 4.78 is 2.19. The number of rotatable bonds is 4. The molecule has 26 heavy (non-hydrogen) atoms. The molecule has 0 bridgehead atoms. The third-order valence-corrected chi connectivity index (χ3v) is 4.79. The van der Waals surface area contributed by atoms with Gasteiger partial charge in [-0.05, 0) is 42.2 Å². The van der Waals surface area contributed by atoms with Crippen LogP contribution in [0.1, 0.15) is 28.8 Å². The van der Waals surface area contributed by atoms with Gasteiger partial charge in [0.25, 0.3) is 0 Å². The second kappa shape index (κ2) is 8.07. The van der Waals surface area contributed by atoms with Gasteiger partial charge in [0, 0.05) is 25.0 Å². The third kappa shape index (κ3) is 3.74. The lowest BCUT2D eigenvalue weighted by atomic mass is 10.0. The maximum atomic E-state index is 8.92. The lowest BCUT2D eigenvalue weighted by Crippen LogP contribution is -2.29. The van der Waals surface area contributed by atoms with Crippen LogP contribution in [0.5, 0.6) is 0 Å². The zero-order valence-corrected chi connectivity index (χ0v) is 15.3. The van der Waals surface area contributed by atoms with Crippen LogP contribution in [0.4, 0.5) is 5.69 Å². The Hall–Kier alpha value is -2.77. The first-order valence-electron chi connectivity index (χ1n) is 8.64. The molecule has 2 heterocycles. The molecule has 0 fully saturated rings. The van der Waals surface area contributed by atoms with Crippen LogP contribution in [0.25, 0.3) is 0 Å². The minimum absolute atomic E-state index is 0. The van der Waals surface area contributed by atoms with Gasteiger partial charge in [-0.25, -0.2) is 4.98 Å². The Morgan fingerprint density at radius 2 is 1.85 bits per heavy atom. The highest BCUT2D eigenvalue weighted by Crippen LogP contribution is 2.28. The van der Waals surface area contributed by atoms with Crippen molar-refractivity contribution in [2.75, 3.05) is 11.4 Å². The van der Waals surface area contributed by atoms with Crippen molar-refractivity contribution in [1.29, 1.82) is 5.26 Å². The molecule has 0 saturated carbocycles. The molecule has 2 aromatic carbocycles. The maximum absolute atomic E-state index is 8.92. The van der Waals surface area contributed by atoms with Gasteiger partial charge in [0.05, 0.1) is 30.2 Å². The van der Waals surface area contributed by atoms with Crippen LogP contribution in [0, 0.1) is 11.3 Å². The number of imidazole rings is 1. The van der Waals surface area contributed by atoms with Crippen LogP contribution >= 0.6 is 12.4 Å². The van der Waals surface area contributed by atoms with Crippen LogP contribution in [0.15, 0.2) is 61.1 Å². The van der Waals surface area contributed by atoms with Gasteiger partial charge in [-0.3, -0.25) is 0 Å². The molecular weight excluding hydrogens is 344 g/mol. The quantitative estimate of drug-likeness (QED) is 0.697. The molecule has 0 saturated heterocycles. The first-order valence-corrected chi connectivity index (χ1v) is 8.64. The van der Waals surface area contributed by atoms with E-state index in [0.29, 0.717) is 5.56 Å². The summed E-state index contributed by atoms with van der Waals surface area (Å²) >= 11 is 0. The van der Waals surface area contributed by atoms with Crippen molar-refractivity contribution in [3.8, 4) is 6.07 Å². The number of aromatic nitrogens is 2. The zero-order valence-electron chi connectivity index (χ0n) is 14.5. The van der Waals surface area contributed by atoms with Crippen molar-refractivity contribution in [2.24, 2.45) is 0 Å². The Bertz CT molecular complexity index is 908. The van der Waals surface area contributed by atoms with Crippen molar-refractivity contribution in [3.05, 3.63) is 83.4 Å². The summed E-state index contributed by atoms with van der Waals surface area (Å²) in [4.78, 5) is 6.81. The summed E-state index contributed by atoms with van der Waals surface area (Å²) in [5, 5.41) is 8.92. The Morgan fingerprint density at radius 3 is 2.65 bits per heavy atom. The average molecular weight is 365 g/mol. The highest BCUT2D eigenvalue weighted by molar-refractivity contribution is 5.85. The molecule has 1 aromatic heterocycles. The van der Waals surface area contributed by atoms with Crippen molar-refractivity contribution < 1.29 is 0 Å². The summed E-state index contributed by atoms with van der Waals surface area (Å²) in [6.07, 6.45) is 6.21. The molecule has 0 N–H and O–H groups in total. The molecule has 1 aliphatic rings. The highest BCUT2D eigenvalue weighted by atomic mass is 35.5. The summed E-state index contributed by atoms with van der Waals surface area (Å²) in [5.41, 5.74) is 5.87. The predicted octanol–water partition coefficient (Wildman–Crippen LogP) is 4.18. The summed E-state index contributed by atoms with van der Waals surface area (Å²) in [5.74, 6) is 0. The molecule has 0 amide bonds. The molecule has 4 nitrogen and oxygen atoms in total. The number of anilines is 1. The fourth-order valence-corrected chi connectivity index (χ4v) is 3.47. The van der Waals surface area contributed by atoms with Crippen molar-refractivity contribution >= 4 is 18.1 Å². The molecule has 3 aromatic rings. The number of halogens is 1. The molecule has 0 radical (unpaired) electrons. The van der Waals surface area contributed by atoms with Crippen molar-refractivity contribution in [1.82, 2.24) is 9.55 Å². The number of nitriles is 1. The van der Waals surface area contributed by atoms with Gasteiger partial charge in [-0.15, -0.1) is 12.4 Å². The van der Waals surface area contributed by atoms with E-state index in [1.165, 1.54) is 28.9 Å². The first-order chi connectivity index (χ1) is 12.3. The summed E-state index contributed by atoms with van der Waals surface area (Å²) in [7, 11) is 0. The van der Waals surface area contributed by atoms with Crippen LogP contribution in [0.3, 0.4) is 0 Å². The molecular formula is C21H21ClN4. The van der Waals surface area contributed by atoms with Crippen LogP contribution in [-0.4, -0.2) is 16.1 Å². The molecule has 0 aliphatic carbocycles. The van der Waals surface area contributed by atoms with Gasteiger partial charge >= 0.3 is 0 Å². The van der Waals surface area contributed by atoms with E-state index in [4.69, 9.17) is 5.26 Å². The number of fused-ring (bicyclic) bond motifs is 1. The van der Waals surface area contributed by atoms with Gasteiger partial charge in [-0.1, -0.05) is 30.3 Å². The Kier molecular flexibility index (Phi) is 5.60. The standard InChI is InChI=1S/C21H20N4.ClH/c22-12-17-7-9-18(10-8-17)14-25-16-23-13-20(25)15-24-11-3-5-19-4-1-2-6-21(19)24;/h1-2,4,6-10,13,16H,3,5,11,14-15H2;1H. The zero-order chi connectivity index (χ0) is 17.1. The van der Waals surface area contributed by atoms with E-state index in [0.717, 1.165) is 26.1 Å². The molecule has 1 aliphatic heterocycles. The van der Waals surface area contributed by atoms with E-state index in [1.54, 1.807) is 0 Å². The fraction of sp³-hybridized carbons (Fsp3) is 0.238. The number of benzene rings is 2. The SMILES string of the molecule is Cl.N#Cc1ccc(Cn2cncc2CN2CCCc3ccccc32)cc1. The van der Waals surface area contributed by atoms with E-state index in [1.807, 2.05) is 36.8 Å². The van der Waals surface area contributed by atoms with E-state index < -0.39 is 0 Å². The number of nitrogens with zero attached hydrogens (tertiary/aromatic N) is 4. The second-order valence-electron chi connectivity index (χ2n) is 6.48. The lowest BCUT2D eigenvalue weighted by molar-refractivity contribution is 0.655. The average Bonchev–Trinajstić information content (AvgIpc) is 3.09. The van der Waals surface area contributed by atoms with Gasteiger partial charge in [0.1, 0.15) is 0 Å². The summed E-state index contributed by atoms with van der Waals surface area (Å²) in [6, 6.07) is 18.6. The topological polar surface area (TPSA) is 44.9 Å². The highest BCUT2D eigenvalue weighted by Gasteiger charge is 2.17. The van der Waals surface area contributed by atoms with Gasteiger partial charge in [0.15, 0.2) is 0 Å². The number of hydrogen-bond donors (Lipinski definition) is 0. The van der Waals surface area contributed by atoms with Crippen molar-refractivity contribution in [3.63, 3.8) is 0 Å². The fourth-order valence-electron chi connectivity index (χ4n) is 3.47. The molecule has 5 heteroatoms. The van der Waals surface area contributed by atoms with E-state index >= 15 is 0 Å². The minimum atomic E-state index is 0. The van der Waals surface area contributed by atoms with E-state index in [-0.39, 0.29) is 12.4 Å². The Labute approximate surface area is 160 Å². The largest absolute Gasteiger partial charge is 0.365 e. The normalized spacial score (nSPS) is 12.8. The molecule has 0 atom stereocenters. The second-order valence-corrected chi connectivity index (χ2v) is 6.48. The van der Waals surface area contributed by atoms with E-state index in [9.17, 15) is 0 Å². The van der Waals surface area contributed by atoms with Gasteiger partial charge in [-0.2, -0.15) is 5.26 Å². The van der Waals surface area contributed by atoms with E-state index in [2.05, 4.69) is 44.8 Å². The monoisotopic (exact) mass is 364 g/mol. The molecule has 0 spiro atoms. The number of aryl methyl sites for hydroxylation is 1. The van der Waals surface area contributed by atoms with Gasteiger partial charge < -0.3 is 9.47 Å². The minimum Gasteiger partial charge on any atom is -0.365 e. The molecule has 0 unspecified atom stereocenters. The predicted molar refractivity (Wildman–Crippen MR) is 106 cm³/mol. The smallest absolute Gasteiger partial charge is 0.0991 e. The summed E-state index contributed by atoms with van der Waals surface area (Å²) in [6.45, 7) is 2.73. The number of para-hydroxylation sites is 1.